The lowest BCUT2D eigenvalue weighted by atomic mass is 10.0. The van der Waals surface area contributed by atoms with Crippen LogP contribution in [-0.2, 0) is 11.3 Å². The Labute approximate surface area is 118 Å². The van der Waals surface area contributed by atoms with Crippen molar-refractivity contribution in [3.05, 3.63) is 23.8 Å². The Bertz CT molecular complexity index is 473. The van der Waals surface area contributed by atoms with E-state index in [-0.39, 0.29) is 0 Å². The smallest absolute Gasteiger partial charge is 0.320 e. The Balaban J connectivity index is 2.04. The second kappa shape index (κ2) is 6.61. The van der Waals surface area contributed by atoms with Crippen LogP contribution in [0.15, 0.2) is 18.2 Å². The van der Waals surface area contributed by atoms with Gasteiger partial charge in [-0.3, -0.25) is 4.79 Å². The molecule has 0 unspecified atom stereocenters. The van der Waals surface area contributed by atoms with Crippen LogP contribution in [0.4, 0.5) is 0 Å². The third-order valence-electron chi connectivity index (χ3n) is 3.19. The van der Waals surface area contributed by atoms with Crippen molar-refractivity contribution in [1.82, 2.24) is 5.32 Å². The first-order valence-corrected chi connectivity index (χ1v) is 6.91. The Hall–Kier alpha value is -1.75. The van der Waals surface area contributed by atoms with Gasteiger partial charge in [-0.15, -0.1) is 0 Å². The largest absolute Gasteiger partial charge is 0.486 e. The fourth-order valence-corrected chi connectivity index (χ4v) is 2.25. The number of hydrogen-bond donors (Lipinski definition) is 2. The van der Waals surface area contributed by atoms with E-state index < -0.39 is 12.0 Å². The summed E-state index contributed by atoms with van der Waals surface area (Å²) in [6, 6.07) is 5.13. The minimum absolute atomic E-state index is 0.327. The van der Waals surface area contributed by atoms with Crippen LogP contribution in [0.3, 0.4) is 0 Å². The van der Waals surface area contributed by atoms with Crippen molar-refractivity contribution in [3.8, 4) is 11.5 Å². The SMILES string of the molecule is CC(C)C[C@@H](NCc1cccc2c1OCCO2)C(=O)O. The van der Waals surface area contributed by atoms with Gasteiger partial charge in [-0.1, -0.05) is 26.0 Å². The van der Waals surface area contributed by atoms with E-state index in [0.29, 0.717) is 32.1 Å². The lowest BCUT2D eigenvalue weighted by molar-refractivity contribution is -0.140. The van der Waals surface area contributed by atoms with E-state index in [1.807, 2.05) is 32.0 Å². The topological polar surface area (TPSA) is 67.8 Å². The van der Waals surface area contributed by atoms with Gasteiger partial charge in [0.25, 0.3) is 0 Å². The third kappa shape index (κ3) is 3.63. The van der Waals surface area contributed by atoms with Gasteiger partial charge in [-0.25, -0.2) is 0 Å². The number of carboxylic acid groups (broad SMARTS) is 1. The molecule has 0 amide bonds. The van der Waals surface area contributed by atoms with Gasteiger partial charge in [-0.2, -0.15) is 0 Å². The molecule has 5 heteroatoms. The molecule has 5 nitrogen and oxygen atoms in total. The van der Waals surface area contributed by atoms with Gasteiger partial charge in [0.15, 0.2) is 11.5 Å². The molecule has 1 heterocycles. The van der Waals surface area contributed by atoms with Crippen LogP contribution in [0.1, 0.15) is 25.8 Å². The van der Waals surface area contributed by atoms with Crippen molar-refractivity contribution in [3.63, 3.8) is 0 Å². The summed E-state index contributed by atoms with van der Waals surface area (Å²) in [5.74, 6) is 0.958. The highest BCUT2D eigenvalue weighted by molar-refractivity contribution is 5.73. The third-order valence-corrected chi connectivity index (χ3v) is 3.19. The molecule has 110 valence electrons. The molecule has 0 saturated heterocycles. The van der Waals surface area contributed by atoms with E-state index in [4.69, 9.17) is 9.47 Å². The van der Waals surface area contributed by atoms with E-state index in [0.717, 1.165) is 17.1 Å². The number of benzene rings is 1. The van der Waals surface area contributed by atoms with Crippen LogP contribution >= 0.6 is 0 Å². The minimum atomic E-state index is -0.819. The second-order valence-corrected chi connectivity index (χ2v) is 5.34. The molecule has 2 rings (SSSR count). The Morgan fingerprint density at radius 2 is 2.10 bits per heavy atom. The summed E-state index contributed by atoms with van der Waals surface area (Å²) >= 11 is 0. The number of nitrogens with one attached hydrogen (secondary N) is 1. The summed E-state index contributed by atoms with van der Waals surface area (Å²) < 4.78 is 11.1. The Kier molecular flexibility index (Phi) is 4.84. The van der Waals surface area contributed by atoms with Crippen molar-refractivity contribution in [1.29, 1.82) is 0 Å². The van der Waals surface area contributed by atoms with Gasteiger partial charge < -0.3 is 19.9 Å². The molecule has 0 radical (unpaired) electrons. The fourth-order valence-electron chi connectivity index (χ4n) is 2.25. The Morgan fingerprint density at radius 1 is 1.35 bits per heavy atom. The number of hydrogen-bond acceptors (Lipinski definition) is 4. The van der Waals surface area contributed by atoms with Gasteiger partial charge in [0, 0.05) is 12.1 Å². The zero-order valence-electron chi connectivity index (χ0n) is 11.9. The first-order valence-electron chi connectivity index (χ1n) is 6.91. The van der Waals surface area contributed by atoms with E-state index in [9.17, 15) is 9.90 Å². The molecule has 1 atom stereocenters. The predicted octanol–water partition coefficient (Wildman–Crippen LogP) is 2.05. The van der Waals surface area contributed by atoms with E-state index in [1.165, 1.54) is 0 Å². The number of carboxylic acids is 1. The minimum Gasteiger partial charge on any atom is -0.486 e. The van der Waals surface area contributed by atoms with Gasteiger partial charge in [0.2, 0.25) is 0 Å². The second-order valence-electron chi connectivity index (χ2n) is 5.34. The maximum Gasteiger partial charge on any atom is 0.320 e. The summed E-state index contributed by atoms with van der Waals surface area (Å²) in [7, 11) is 0. The molecular weight excluding hydrogens is 258 g/mol. The molecule has 0 saturated carbocycles. The van der Waals surface area contributed by atoms with Crippen molar-refractivity contribution in [2.45, 2.75) is 32.9 Å². The molecule has 1 aromatic carbocycles. The number of rotatable bonds is 6. The number of fused-ring (bicyclic) bond motifs is 1. The highest BCUT2D eigenvalue weighted by atomic mass is 16.6. The number of para-hydroxylation sites is 1. The first-order chi connectivity index (χ1) is 9.58. The summed E-state index contributed by atoms with van der Waals surface area (Å²) in [5, 5.41) is 12.3. The van der Waals surface area contributed by atoms with Crippen LogP contribution in [-0.4, -0.2) is 30.3 Å². The highest BCUT2D eigenvalue weighted by Gasteiger charge is 2.20. The first kappa shape index (κ1) is 14.7. The van der Waals surface area contributed by atoms with Crippen LogP contribution in [0.5, 0.6) is 11.5 Å². The monoisotopic (exact) mass is 279 g/mol. The maximum atomic E-state index is 11.2. The fraction of sp³-hybridized carbons (Fsp3) is 0.533. The molecule has 2 N–H and O–H groups in total. The van der Waals surface area contributed by atoms with E-state index in [2.05, 4.69) is 5.32 Å². The van der Waals surface area contributed by atoms with Crippen LogP contribution < -0.4 is 14.8 Å². The predicted molar refractivity (Wildman–Crippen MR) is 75.2 cm³/mol. The van der Waals surface area contributed by atoms with Crippen molar-refractivity contribution in [2.24, 2.45) is 5.92 Å². The summed E-state index contributed by atoms with van der Waals surface area (Å²) in [6.07, 6.45) is 0.599. The Morgan fingerprint density at radius 3 is 2.80 bits per heavy atom. The quantitative estimate of drug-likeness (QED) is 0.834. The molecule has 0 aliphatic carbocycles. The summed E-state index contributed by atoms with van der Waals surface area (Å²) in [5.41, 5.74) is 0.928. The van der Waals surface area contributed by atoms with Crippen LogP contribution in [0.25, 0.3) is 0 Å². The van der Waals surface area contributed by atoms with Gasteiger partial charge in [-0.05, 0) is 18.4 Å². The number of aliphatic carboxylic acids is 1. The maximum absolute atomic E-state index is 11.2. The molecule has 20 heavy (non-hydrogen) atoms. The lowest BCUT2D eigenvalue weighted by Gasteiger charge is -2.22. The number of ether oxygens (including phenoxy) is 2. The average molecular weight is 279 g/mol. The molecule has 0 aromatic heterocycles. The molecule has 1 aliphatic heterocycles. The van der Waals surface area contributed by atoms with Crippen molar-refractivity contribution < 1.29 is 19.4 Å². The van der Waals surface area contributed by atoms with Gasteiger partial charge in [0.05, 0.1) is 0 Å². The lowest BCUT2D eigenvalue weighted by Crippen LogP contribution is -2.37. The van der Waals surface area contributed by atoms with Crippen molar-refractivity contribution in [2.75, 3.05) is 13.2 Å². The van der Waals surface area contributed by atoms with E-state index >= 15 is 0 Å². The molecule has 0 spiro atoms. The molecule has 1 aliphatic rings. The average Bonchev–Trinajstić information content (AvgIpc) is 2.42. The van der Waals surface area contributed by atoms with Crippen LogP contribution in [0, 0.1) is 5.92 Å². The van der Waals surface area contributed by atoms with Gasteiger partial charge in [0.1, 0.15) is 19.3 Å². The standard InChI is InChI=1S/C15H21NO4/c1-10(2)8-12(15(17)18)16-9-11-4-3-5-13-14(11)20-7-6-19-13/h3-5,10,12,16H,6-9H2,1-2H3,(H,17,18)/t12-/m1/s1. The zero-order chi connectivity index (χ0) is 14.5. The molecule has 0 fully saturated rings. The summed E-state index contributed by atoms with van der Waals surface area (Å²) in [4.78, 5) is 11.2. The molecular formula is C15H21NO4. The number of carbonyl (C=O) groups is 1. The van der Waals surface area contributed by atoms with Crippen LogP contribution in [0.2, 0.25) is 0 Å². The normalized spacial score (nSPS) is 15.2. The van der Waals surface area contributed by atoms with Crippen molar-refractivity contribution >= 4 is 5.97 Å². The highest BCUT2D eigenvalue weighted by Crippen LogP contribution is 2.33. The molecule has 1 aromatic rings. The summed E-state index contributed by atoms with van der Waals surface area (Å²) in [6.45, 7) is 5.56. The van der Waals surface area contributed by atoms with E-state index in [1.54, 1.807) is 0 Å². The molecule has 0 bridgehead atoms. The zero-order valence-corrected chi connectivity index (χ0v) is 11.9. The van der Waals surface area contributed by atoms with Gasteiger partial charge >= 0.3 is 5.97 Å².